The number of rotatable bonds is 1. The Morgan fingerprint density at radius 2 is 1.94 bits per heavy atom. The van der Waals surface area contributed by atoms with Crippen molar-refractivity contribution in [1.29, 1.82) is 0 Å². The summed E-state index contributed by atoms with van der Waals surface area (Å²) in [4.78, 5) is 28.9. The molecule has 1 aromatic heterocycles. The summed E-state index contributed by atoms with van der Waals surface area (Å²) in [5.74, 6) is -0.0619. The van der Waals surface area contributed by atoms with Gasteiger partial charge in [-0.05, 0) is 58.4 Å². The number of aliphatic hydroxyl groups is 1. The number of ether oxygens (including phenoxy) is 1. The molecule has 1 N–H and O–H groups in total. The Morgan fingerprint density at radius 3 is 2.55 bits per heavy atom. The van der Waals surface area contributed by atoms with Gasteiger partial charge in [0.25, 0.3) is 0 Å². The van der Waals surface area contributed by atoms with Crippen molar-refractivity contribution >= 4 is 29.2 Å². The number of thiazole rings is 1. The zero-order valence-corrected chi connectivity index (χ0v) is 22.3. The van der Waals surface area contributed by atoms with Crippen LogP contribution in [0.1, 0.15) is 90.8 Å². The predicted octanol–water partition coefficient (Wildman–Crippen LogP) is 6.54. The molecule has 0 saturated heterocycles. The van der Waals surface area contributed by atoms with E-state index in [0.29, 0.717) is 18.9 Å². The van der Waals surface area contributed by atoms with E-state index in [4.69, 9.17) is 4.74 Å². The molecular weight excluding hydrogens is 434 g/mol. The third kappa shape index (κ3) is 10.8. The second-order valence-corrected chi connectivity index (χ2v) is 10.9. The van der Waals surface area contributed by atoms with Crippen LogP contribution in [0.15, 0.2) is 23.1 Å². The molecule has 33 heavy (non-hydrogen) atoms. The normalized spacial score (nSPS) is 27.3. The fourth-order valence-electron chi connectivity index (χ4n) is 4.04. The lowest BCUT2D eigenvalue weighted by atomic mass is 9.74. The number of carbonyl (C=O) groups is 2. The van der Waals surface area contributed by atoms with Gasteiger partial charge in [0.05, 0.1) is 35.2 Å². The molecule has 3 atom stereocenters. The van der Waals surface area contributed by atoms with Crippen LogP contribution in [-0.4, -0.2) is 34.6 Å². The molecule has 0 bridgehead atoms. The fraction of sp³-hybridized carbons (Fsp3) is 0.667. The van der Waals surface area contributed by atoms with Crippen LogP contribution < -0.4 is 0 Å². The lowest BCUT2D eigenvalue weighted by Gasteiger charge is -2.32. The number of hydrogen-bond acceptors (Lipinski definition) is 6. The van der Waals surface area contributed by atoms with Crippen LogP contribution in [0.4, 0.5) is 0 Å². The first-order valence-electron chi connectivity index (χ1n) is 12.1. The smallest absolute Gasteiger partial charge is 0.308 e. The number of carbonyl (C=O) groups excluding carboxylic acids is 2. The van der Waals surface area contributed by atoms with Crippen LogP contribution >= 0.6 is 11.3 Å². The molecular formula is C27H43NO4S. The molecule has 6 heteroatoms. The summed E-state index contributed by atoms with van der Waals surface area (Å²) in [5, 5.41) is 13.6. The van der Waals surface area contributed by atoms with Crippen molar-refractivity contribution in [2.45, 2.75) is 93.1 Å². The third-order valence-corrected chi connectivity index (χ3v) is 6.94. The van der Waals surface area contributed by atoms with Gasteiger partial charge in [0, 0.05) is 11.3 Å². The molecule has 5 nitrogen and oxygen atoms in total. The lowest BCUT2D eigenvalue weighted by Crippen LogP contribution is -2.42. The number of Topliss-reactive ketones (excluding diaryl/α,β-unsaturated/α-hetero) is 1. The maximum absolute atomic E-state index is 12.8. The highest BCUT2D eigenvalue weighted by molar-refractivity contribution is 7.09. The summed E-state index contributed by atoms with van der Waals surface area (Å²) in [6, 6.07) is 0. The number of esters is 1. The highest BCUT2D eigenvalue weighted by atomic mass is 32.1. The average molecular weight is 478 g/mol. The van der Waals surface area contributed by atoms with Crippen molar-refractivity contribution in [3.05, 3.63) is 33.8 Å². The average Bonchev–Trinajstić information content (AvgIpc) is 3.15. The highest BCUT2D eigenvalue weighted by Gasteiger charge is 2.39. The molecule has 0 saturated carbocycles. The first-order chi connectivity index (χ1) is 15.5. The third-order valence-electron chi connectivity index (χ3n) is 6.15. The Morgan fingerprint density at radius 1 is 1.24 bits per heavy atom. The molecule has 2 heterocycles. The first kappa shape index (κ1) is 29.2. The number of nitrogens with zero attached hydrogens (tertiary/aromatic N) is 1. The first-order valence-corrected chi connectivity index (χ1v) is 12.9. The Labute approximate surface area is 204 Å². The van der Waals surface area contributed by atoms with Crippen LogP contribution in [0.2, 0.25) is 0 Å². The van der Waals surface area contributed by atoms with Crippen LogP contribution in [0.3, 0.4) is 0 Å². The Balaban J connectivity index is 0.000000502. The molecule has 1 aliphatic rings. The van der Waals surface area contributed by atoms with E-state index in [9.17, 15) is 14.7 Å². The summed E-state index contributed by atoms with van der Waals surface area (Å²) in [6.07, 6.45) is 9.74. The number of ketones is 1. The summed E-state index contributed by atoms with van der Waals surface area (Å²) >= 11 is 1.68. The topological polar surface area (TPSA) is 76.5 Å². The molecule has 2 rings (SSSR count). The molecule has 0 radical (unpaired) electrons. The van der Waals surface area contributed by atoms with Crippen LogP contribution in [0.25, 0.3) is 6.08 Å². The monoisotopic (exact) mass is 477 g/mol. The van der Waals surface area contributed by atoms with Crippen molar-refractivity contribution in [3.8, 4) is 0 Å². The molecule has 0 aliphatic carbocycles. The number of cyclic esters (lactones) is 1. The second kappa shape index (κ2) is 14.5. The van der Waals surface area contributed by atoms with E-state index in [0.717, 1.165) is 36.4 Å². The van der Waals surface area contributed by atoms with E-state index in [-0.39, 0.29) is 18.1 Å². The van der Waals surface area contributed by atoms with Crippen LogP contribution in [0, 0.1) is 24.2 Å². The molecule has 186 valence electrons. The van der Waals surface area contributed by atoms with E-state index in [1.165, 1.54) is 5.57 Å². The van der Waals surface area contributed by atoms with Gasteiger partial charge in [0.15, 0.2) is 0 Å². The maximum Gasteiger partial charge on any atom is 0.308 e. The SMILES string of the molecule is C/C1=C/CCOC(=O)CC(O)C(C)(C)C(=O)C(C)CC(C)CCC1.C/C=C\c1csc(C)n1. The van der Waals surface area contributed by atoms with Crippen molar-refractivity contribution in [3.63, 3.8) is 0 Å². The number of aliphatic hydroxyl groups excluding tert-OH is 1. The minimum absolute atomic E-state index is 0.0258. The molecule has 1 aliphatic heterocycles. The number of aryl methyl sites for hydroxylation is 1. The van der Waals surface area contributed by atoms with Crippen molar-refractivity contribution in [2.24, 2.45) is 17.3 Å². The minimum atomic E-state index is -1.01. The molecule has 3 unspecified atom stereocenters. The fourth-order valence-corrected chi connectivity index (χ4v) is 4.62. The summed E-state index contributed by atoms with van der Waals surface area (Å²) in [6.45, 7) is 14.0. The van der Waals surface area contributed by atoms with Crippen LogP contribution in [0.5, 0.6) is 0 Å². The predicted molar refractivity (Wildman–Crippen MR) is 137 cm³/mol. The van der Waals surface area contributed by atoms with Crippen molar-refractivity contribution in [2.75, 3.05) is 6.61 Å². The van der Waals surface area contributed by atoms with Gasteiger partial charge in [-0.2, -0.15) is 0 Å². The summed E-state index contributed by atoms with van der Waals surface area (Å²) in [5.41, 5.74) is 1.45. The zero-order valence-electron chi connectivity index (χ0n) is 21.5. The van der Waals surface area contributed by atoms with Gasteiger partial charge in [0.2, 0.25) is 0 Å². The molecule has 1 aromatic rings. The van der Waals surface area contributed by atoms with E-state index in [1.807, 2.05) is 32.9 Å². The molecule has 0 fully saturated rings. The Kier molecular flexibility index (Phi) is 12.8. The number of allylic oxidation sites excluding steroid dienone is 2. The van der Waals surface area contributed by atoms with E-state index in [1.54, 1.807) is 25.2 Å². The van der Waals surface area contributed by atoms with E-state index < -0.39 is 17.5 Å². The Hall–Kier alpha value is -1.79. The van der Waals surface area contributed by atoms with Crippen molar-refractivity contribution in [1.82, 2.24) is 4.98 Å². The molecule has 0 aromatic carbocycles. The van der Waals surface area contributed by atoms with Gasteiger partial charge in [-0.3, -0.25) is 9.59 Å². The minimum Gasteiger partial charge on any atom is -0.465 e. The lowest BCUT2D eigenvalue weighted by molar-refractivity contribution is -0.150. The number of aromatic nitrogens is 1. The van der Waals surface area contributed by atoms with Gasteiger partial charge < -0.3 is 9.84 Å². The summed E-state index contributed by atoms with van der Waals surface area (Å²) in [7, 11) is 0. The van der Waals surface area contributed by atoms with Gasteiger partial charge in [-0.15, -0.1) is 11.3 Å². The van der Waals surface area contributed by atoms with Gasteiger partial charge >= 0.3 is 5.97 Å². The Bertz CT molecular complexity index is 809. The highest BCUT2D eigenvalue weighted by Crippen LogP contribution is 2.31. The number of hydrogen-bond donors (Lipinski definition) is 1. The molecule has 0 amide bonds. The van der Waals surface area contributed by atoms with Crippen LogP contribution in [-0.2, 0) is 14.3 Å². The van der Waals surface area contributed by atoms with Gasteiger partial charge in [-0.1, -0.05) is 51.8 Å². The van der Waals surface area contributed by atoms with Crippen molar-refractivity contribution < 1.29 is 19.4 Å². The van der Waals surface area contributed by atoms with Gasteiger partial charge in [-0.25, -0.2) is 4.98 Å². The molecule has 0 spiro atoms. The quantitative estimate of drug-likeness (QED) is 0.367. The second-order valence-electron chi connectivity index (χ2n) is 9.79. The largest absolute Gasteiger partial charge is 0.465 e. The van der Waals surface area contributed by atoms with E-state index in [2.05, 4.69) is 30.3 Å². The zero-order chi connectivity index (χ0) is 25.0. The van der Waals surface area contributed by atoms with Gasteiger partial charge in [0.1, 0.15) is 5.78 Å². The summed E-state index contributed by atoms with van der Waals surface area (Å²) < 4.78 is 5.18. The van der Waals surface area contributed by atoms with E-state index >= 15 is 0 Å². The maximum atomic E-state index is 12.8. The standard InChI is InChI=1S/C20H34O4.C7H9NS/c1-14-8-6-9-15(2)12-16(3)19(23)20(4,5)17(21)13-18(22)24-11-7-10-14;1-3-4-7-5-9-6(2)8-7/h10,15-17,21H,6-9,11-13H2,1-5H3;3-5H,1-2H3/b14-10-;4-3-.